The number of rotatable bonds is 1. The Morgan fingerprint density at radius 3 is 2.75 bits per heavy atom. The van der Waals surface area contributed by atoms with Gasteiger partial charge in [-0.2, -0.15) is 0 Å². The standard InChI is InChI=1S/C8H9ClN2O/c9-8-10-4-6(5-11-8)7-2-1-3-12-7/h4-5,7H,1-3H2. The summed E-state index contributed by atoms with van der Waals surface area (Å²) in [6.45, 7) is 0.841. The fraction of sp³-hybridized carbons (Fsp3) is 0.500. The average molecular weight is 185 g/mol. The van der Waals surface area contributed by atoms with Gasteiger partial charge >= 0.3 is 0 Å². The molecule has 0 saturated carbocycles. The summed E-state index contributed by atoms with van der Waals surface area (Å²) in [7, 11) is 0. The maximum atomic E-state index is 5.56. The lowest BCUT2D eigenvalue weighted by Gasteiger charge is -2.07. The van der Waals surface area contributed by atoms with Crippen LogP contribution < -0.4 is 0 Å². The van der Waals surface area contributed by atoms with Crippen LogP contribution in [0.2, 0.25) is 5.28 Å². The van der Waals surface area contributed by atoms with Gasteiger partial charge in [0, 0.05) is 24.6 Å². The summed E-state index contributed by atoms with van der Waals surface area (Å²) in [6.07, 6.45) is 5.82. The van der Waals surface area contributed by atoms with Gasteiger partial charge in [-0.3, -0.25) is 0 Å². The molecule has 0 N–H and O–H groups in total. The molecule has 1 aromatic rings. The minimum atomic E-state index is 0.183. The van der Waals surface area contributed by atoms with Crippen LogP contribution in [0.5, 0.6) is 0 Å². The normalized spacial score (nSPS) is 22.9. The molecule has 3 nitrogen and oxygen atoms in total. The molecule has 1 unspecified atom stereocenters. The lowest BCUT2D eigenvalue weighted by atomic mass is 10.1. The molecule has 2 heterocycles. The number of hydrogen-bond acceptors (Lipinski definition) is 3. The van der Waals surface area contributed by atoms with E-state index in [0.717, 1.165) is 25.0 Å². The van der Waals surface area contributed by atoms with Gasteiger partial charge in [0.25, 0.3) is 0 Å². The van der Waals surface area contributed by atoms with Crippen molar-refractivity contribution in [3.8, 4) is 0 Å². The van der Waals surface area contributed by atoms with E-state index in [2.05, 4.69) is 9.97 Å². The summed E-state index contributed by atoms with van der Waals surface area (Å²) in [5.74, 6) is 0. The molecule has 1 atom stereocenters. The van der Waals surface area contributed by atoms with Gasteiger partial charge in [0.1, 0.15) is 0 Å². The van der Waals surface area contributed by atoms with Crippen molar-refractivity contribution >= 4 is 11.6 Å². The second-order valence-electron chi connectivity index (χ2n) is 2.79. The number of nitrogens with zero attached hydrogens (tertiary/aromatic N) is 2. The third-order valence-corrected chi connectivity index (χ3v) is 2.14. The van der Waals surface area contributed by atoms with Crippen LogP contribution in [0.25, 0.3) is 0 Å². The molecule has 1 saturated heterocycles. The first-order valence-electron chi connectivity index (χ1n) is 3.95. The Morgan fingerprint density at radius 1 is 1.42 bits per heavy atom. The molecule has 1 aliphatic heterocycles. The highest BCUT2D eigenvalue weighted by Crippen LogP contribution is 2.27. The first kappa shape index (κ1) is 7.95. The van der Waals surface area contributed by atoms with Crippen molar-refractivity contribution in [2.75, 3.05) is 6.61 Å². The van der Waals surface area contributed by atoms with Crippen molar-refractivity contribution < 1.29 is 4.74 Å². The van der Waals surface area contributed by atoms with E-state index in [-0.39, 0.29) is 11.4 Å². The van der Waals surface area contributed by atoms with Crippen LogP contribution in [-0.4, -0.2) is 16.6 Å². The second kappa shape index (κ2) is 3.37. The molecule has 12 heavy (non-hydrogen) atoms. The van der Waals surface area contributed by atoms with E-state index in [1.54, 1.807) is 12.4 Å². The lowest BCUT2D eigenvalue weighted by molar-refractivity contribution is 0.111. The Kier molecular flexibility index (Phi) is 2.23. The van der Waals surface area contributed by atoms with E-state index in [1.165, 1.54) is 0 Å². The molecule has 0 aliphatic carbocycles. The summed E-state index contributed by atoms with van der Waals surface area (Å²) >= 11 is 5.56. The molecule has 0 aromatic carbocycles. The van der Waals surface area contributed by atoms with E-state index < -0.39 is 0 Å². The third kappa shape index (κ3) is 1.57. The van der Waals surface area contributed by atoms with Crippen LogP contribution in [0.1, 0.15) is 24.5 Å². The summed E-state index contributed by atoms with van der Waals surface area (Å²) in [4.78, 5) is 7.80. The molecule has 1 fully saturated rings. The topological polar surface area (TPSA) is 35.0 Å². The van der Waals surface area contributed by atoms with Gasteiger partial charge in [0.2, 0.25) is 5.28 Å². The van der Waals surface area contributed by atoms with Gasteiger partial charge in [-0.1, -0.05) is 0 Å². The fourth-order valence-corrected chi connectivity index (χ4v) is 1.43. The number of aromatic nitrogens is 2. The maximum absolute atomic E-state index is 5.56. The fourth-order valence-electron chi connectivity index (χ4n) is 1.33. The summed E-state index contributed by atoms with van der Waals surface area (Å²) in [5, 5.41) is 0.289. The second-order valence-corrected chi connectivity index (χ2v) is 3.13. The van der Waals surface area contributed by atoms with Gasteiger partial charge in [-0.15, -0.1) is 0 Å². The van der Waals surface area contributed by atoms with Gasteiger partial charge < -0.3 is 4.74 Å². The number of ether oxygens (including phenoxy) is 1. The molecule has 2 rings (SSSR count). The molecule has 64 valence electrons. The van der Waals surface area contributed by atoms with E-state index >= 15 is 0 Å². The molecule has 1 aliphatic rings. The van der Waals surface area contributed by atoms with Gasteiger partial charge in [0.05, 0.1) is 6.10 Å². The van der Waals surface area contributed by atoms with Crippen molar-refractivity contribution in [2.45, 2.75) is 18.9 Å². The van der Waals surface area contributed by atoms with Gasteiger partial charge in [-0.05, 0) is 24.4 Å². The molecule has 0 spiro atoms. The Morgan fingerprint density at radius 2 is 2.17 bits per heavy atom. The summed E-state index contributed by atoms with van der Waals surface area (Å²) in [6, 6.07) is 0. The molecular formula is C8H9ClN2O. The maximum Gasteiger partial charge on any atom is 0.222 e. The van der Waals surface area contributed by atoms with Crippen molar-refractivity contribution in [3.63, 3.8) is 0 Å². The molecule has 4 heteroatoms. The van der Waals surface area contributed by atoms with E-state index in [9.17, 15) is 0 Å². The number of hydrogen-bond donors (Lipinski definition) is 0. The quantitative estimate of drug-likeness (QED) is 0.626. The molecular weight excluding hydrogens is 176 g/mol. The van der Waals surface area contributed by atoms with E-state index in [4.69, 9.17) is 16.3 Å². The molecule has 0 radical (unpaired) electrons. The van der Waals surface area contributed by atoms with Gasteiger partial charge in [0.15, 0.2) is 0 Å². The minimum absolute atomic E-state index is 0.183. The van der Waals surface area contributed by atoms with E-state index in [1.807, 2.05) is 0 Å². The predicted octanol–water partition coefficient (Wildman–Crippen LogP) is 1.98. The predicted molar refractivity (Wildman–Crippen MR) is 45.0 cm³/mol. The minimum Gasteiger partial charge on any atom is -0.373 e. The monoisotopic (exact) mass is 184 g/mol. The third-order valence-electron chi connectivity index (χ3n) is 1.94. The van der Waals surface area contributed by atoms with Crippen LogP contribution >= 0.6 is 11.6 Å². The first-order chi connectivity index (χ1) is 5.86. The van der Waals surface area contributed by atoms with Crippen molar-refractivity contribution in [1.82, 2.24) is 9.97 Å². The highest BCUT2D eigenvalue weighted by atomic mass is 35.5. The first-order valence-corrected chi connectivity index (χ1v) is 4.33. The van der Waals surface area contributed by atoms with Crippen LogP contribution in [0.4, 0.5) is 0 Å². The van der Waals surface area contributed by atoms with Crippen molar-refractivity contribution in [3.05, 3.63) is 23.2 Å². The van der Waals surface area contributed by atoms with E-state index in [0.29, 0.717) is 0 Å². The summed E-state index contributed by atoms with van der Waals surface area (Å²) in [5.41, 5.74) is 1.02. The number of halogens is 1. The molecule has 0 amide bonds. The van der Waals surface area contributed by atoms with Crippen LogP contribution in [-0.2, 0) is 4.74 Å². The van der Waals surface area contributed by atoms with Crippen molar-refractivity contribution in [2.24, 2.45) is 0 Å². The summed E-state index contributed by atoms with van der Waals surface area (Å²) < 4.78 is 5.46. The molecule has 0 bridgehead atoms. The Balaban J connectivity index is 2.17. The highest BCUT2D eigenvalue weighted by molar-refractivity contribution is 6.28. The highest BCUT2D eigenvalue weighted by Gasteiger charge is 2.17. The van der Waals surface area contributed by atoms with Gasteiger partial charge in [-0.25, -0.2) is 9.97 Å². The zero-order valence-corrected chi connectivity index (χ0v) is 7.29. The SMILES string of the molecule is Clc1ncc(C2CCCO2)cn1. The molecule has 1 aromatic heterocycles. The Bertz CT molecular complexity index is 256. The zero-order chi connectivity index (χ0) is 8.39. The van der Waals surface area contributed by atoms with Crippen LogP contribution in [0.3, 0.4) is 0 Å². The Hall–Kier alpha value is -0.670. The Labute approximate surface area is 75.7 Å². The average Bonchev–Trinajstić information content (AvgIpc) is 2.58. The van der Waals surface area contributed by atoms with Crippen LogP contribution in [0.15, 0.2) is 12.4 Å². The van der Waals surface area contributed by atoms with Crippen molar-refractivity contribution in [1.29, 1.82) is 0 Å². The smallest absolute Gasteiger partial charge is 0.222 e. The largest absolute Gasteiger partial charge is 0.373 e. The van der Waals surface area contributed by atoms with Crippen LogP contribution in [0, 0.1) is 0 Å². The lowest BCUT2D eigenvalue weighted by Crippen LogP contribution is -1.97. The zero-order valence-electron chi connectivity index (χ0n) is 6.53.